The van der Waals surface area contributed by atoms with Crippen LogP contribution in [0.2, 0.25) is 2.82 Å². The Hall–Kier alpha value is -1.51. The topological polar surface area (TPSA) is 123 Å². The van der Waals surface area contributed by atoms with Crippen molar-refractivity contribution >= 4 is 5.95 Å². The smallest absolute Gasteiger partial charge is 0.354 e. The van der Waals surface area contributed by atoms with Crippen LogP contribution in [0.15, 0.2) is 11.1 Å². The van der Waals surface area contributed by atoms with E-state index in [1.165, 1.54) is 0 Å². The highest BCUT2D eigenvalue weighted by Crippen LogP contribution is 2.26. The van der Waals surface area contributed by atoms with Crippen LogP contribution >= 0.6 is 0 Å². The van der Waals surface area contributed by atoms with Crippen molar-refractivity contribution < 1.29 is 28.7 Å². The maximum absolute atomic E-state index is 12.2. The number of ether oxygens (including phenoxy) is 1. The van der Waals surface area contributed by atoms with Gasteiger partial charge < -0.3 is 20.7 Å². The van der Waals surface area contributed by atoms with Crippen molar-refractivity contribution in [3.8, 4) is 0 Å². The first-order valence-electron chi connectivity index (χ1n) is 9.52. The summed E-state index contributed by atoms with van der Waals surface area (Å²) in [6.07, 6.45) is -16.1. The van der Waals surface area contributed by atoms with Gasteiger partial charge in [-0.3, -0.25) is 4.57 Å². The number of aromatic nitrogens is 3. The molecule has 0 bridgehead atoms. The molecule has 88 valence electrons. The number of anilines is 1. The Labute approximate surface area is 107 Å². The summed E-state index contributed by atoms with van der Waals surface area (Å²) in [4.78, 5) is 18.5. The van der Waals surface area contributed by atoms with Crippen molar-refractivity contribution in [1.29, 1.82) is 2.86 Å². The summed E-state index contributed by atoms with van der Waals surface area (Å²) in [7, 11) is 0. The van der Waals surface area contributed by atoms with Crippen LogP contribution in [0.3, 0.4) is 0 Å². The van der Waals surface area contributed by atoms with Crippen molar-refractivity contribution in [2.75, 3.05) is 12.3 Å². The standard InChI is InChI=1S/C8H12N4O4/c9-7-10-3-12(8(15)11-7)6-1-4(14)5(2-13)16-6/h3-6,13-14H,1-2H2,(H2,9,11,15)/t4-,5+,6+/m0/s1/i1D2,2D2,3D,4D,5D,6D,13D,14D/hD2. The summed E-state index contributed by atoms with van der Waals surface area (Å²) >= 11 is 0. The van der Waals surface area contributed by atoms with E-state index in [2.05, 4.69) is 20.2 Å². The fourth-order valence-electron chi connectivity index (χ4n) is 0.921. The van der Waals surface area contributed by atoms with E-state index in [0.29, 0.717) is 0 Å². The second-order valence-electron chi connectivity index (χ2n) is 2.53. The van der Waals surface area contributed by atoms with Crippen molar-refractivity contribution in [2.24, 2.45) is 0 Å². The molecule has 1 saturated heterocycles. The van der Waals surface area contributed by atoms with E-state index in [0.717, 1.165) is 0 Å². The summed E-state index contributed by atoms with van der Waals surface area (Å²) in [6.45, 7) is -3.66. The van der Waals surface area contributed by atoms with Gasteiger partial charge in [0.2, 0.25) is 8.81 Å². The largest absolute Gasteiger partial charge is 0.394 e. The highest BCUT2D eigenvalue weighted by molar-refractivity contribution is 5.09. The van der Waals surface area contributed by atoms with Crippen molar-refractivity contribution in [1.82, 2.24) is 14.5 Å². The van der Waals surface area contributed by atoms with Gasteiger partial charge in [0.05, 0.1) is 19.5 Å². The fourth-order valence-corrected chi connectivity index (χ4v) is 0.921. The lowest BCUT2D eigenvalue weighted by molar-refractivity contribution is -0.0462. The maximum atomic E-state index is 12.2. The number of nitrogens with two attached hydrogens (primary N) is 1. The molecule has 0 aliphatic carbocycles. The predicted octanol–water partition coefficient (Wildman–Crippen LogP) is -2.14. The number of hydrogen-bond acceptors (Lipinski definition) is 7. The minimum atomic E-state index is -3.73. The van der Waals surface area contributed by atoms with Crippen LogP contribution in [0.4, 0.5) is 5.95 Å². The number of rotatable bonds is 5. The molecule has 2 heterocycles. The van der Waals surface area contributed by atoms with Gasteiger partial charge in [0.25, 0.3) is 0 Å². The van der Waals surface area contributed by atoms with Gasteiger partial charge in [-0.15, -0.1) is 0 Å². The van der Waals surface area contributed by atoms with E-state index in [1.807, 2.05) is 0 Å². The zero-order valence-electron chi connectivity index (χ0n) is 19.4. The summed E-state index contributed by atoms with van der Waals surface area (Å²) in [5.41, 5.74) is -1.92. The summed E-state index contributed by atoms with van der Waals surface area (Å²) in [5.74, 6) is -0.927. The number of hydrogen-bond donors (Lipinski definition) is 3. The van der Waals surface area contributed by atoms with E-state index in [1.54, 1.807) is 0 Å². The van der Waals surface area contributed by atoms with Gasteiger partial charge in [-0.2, -0.15) is 4.98 Å². The average Bonchev–Trinajstić information content (AvgIpc) is 2.70. The van der Waals surface area contributed by atoms with E-state index in [9.17, 15) is 4.79 Å². The highest BCUT2D eigenvalue weighted by Gasteiger charge is 2.35. The van der Waals surface area contributed by atoms with Gasteiger partial charge in [0.15, 0.2) is 2.82 Å². The van der Waals surface area contributed by atoms with Crippen LogP contribution in [0.1, 0.15) is 23.5 Å². The lowest BCUT2D eigenvalue weighted by Gasteiger charge is -2.13. The minimum absolute atomic E-state index is 0.224. The second-order valence-corrected chi connectivity index (χ2v) is 2.53. The molecule has 1 aromatic rings. The molecule has 0 aromatic carbocycles. The van der Waals surface area contributed by atoms with Crippen LogP contribution in [0.5, 0.6) is 0 Å². The SMILES string of the molecule is [2H]OC([2H])([2H])[C@@]1([2H])O[C@@]([2H])(n2c([2H])nc(N([2H])[2H])nc2=O)C([2H])([2H])[C@]1([2H])O[2H]. The highest BCUT2D eigenvalue weighted by atomic mass is 16.5. The predicted molar refractivity (Wildman–Crippen MR) is 52.3 cm³/mol. The average molecular weight is 240 g/mol. The lowest BCUT2D eigenvalue weighted by Crippen LogP contribution is -2.28. The first-order chi connectivity index (χ1) is 12.6. The normalized spacial score (nSPS) is 57.8. The zero-order valence-corrected chi connectivity index (χ0v) is 7.42. The molecule has 1 aliphatic rings. The molecule has 1 aromatic heterocycles. The van der Waals surface area contributed by atoms with Gasteiger partial charge in [-0.05, 0) is 0 Å². The van der Waals surface area contributed by atoms with Crippen LogP contribution < -0.4 is 11.4 Å². The third kappa shape index (κ3) is 1.90. The van der Waals surface area contributed by atoms with Crippen molar-refractivity contribution in [3.05, 3.63) is 16.8 Å². The Balaban J connectivity index is 2.85. The molecule has 0 amide bonds. The Morgan fingerprint density at radius 3 is 3.75 bits per heavy atom. The first kappa shape index (κ1) is 3.49. The third-order valence-corrected chi connectivity index (χ3v) is 1.56. The Morgan fingerprint density at radius 2 is 3.06 bits per heavy atom. The zero-order chi connectivity index (χ0) is 21.9. The molecule has 16 heavy (non-hydrogen) atoms. The molecule has 0 unspecified atom stereocenters. The molecule has 1 fully saturated rings. The molecule has 3 atom stereocenters. The van der Waals surface area contributed by atoms with Gasteiger partial charge in [0.1, 0.15) is 20.0 Å². The molecule has 4 N–H and O–H groups in total. The van der Waals surface area contributed by atoms with Crippen LogP contribution in [0, 0.1) is 0 Å². The minimum Gasteiger partial charge on any atom is -0.394 e. The van der Waals surface area contributed by atoms with Crippen molar-refractivity contribution in [3.63, 3.8) is 0 Å². The molecule has 0 saturated carbocycles. The monoisotopic (exact) mass is 240 g/mol. The molecule has 1 aliphatic heterocycles. The van der Waals surface area contributed by atoms with Gasteiger partial charge in [-0.1, -0.05) is 0 Å². The molecule has 0 spiro atoms. The molecule has 8 heteroatoms. The Kier molecular flexibility index (Phi) is 0.907. The number of aliphatic hydroxyl groups is 2. The first-order valence-corrected chi connectivity index (χ1v) is 3.81. The van der Waals surface area contributed by atoms with E-state index < -0.39 is 49.2 Å². The third-order valence-electron chi connectivity index (χ3n) is 1.56. The molecular weight excluding hydrogens is 216 g/mol. The van der Waals surface area contributed by atoms with Crippen molar-refractivity contribution in [2.45, 2.75) is 24.7 Å². The summed E-state index contributed by atoms with van der Waals surface area (Å²) < 4.78 is 95.2. The summed E-state index contributed by atoms with van der Waals surface area (Å²) in [6, 6.07) is 0. The van der Waals surface area contributed by atoms with E-state index in [-0.39, 0.29) is 10.3 Å². The molecule has 0 radical (unpaired) electrons. The van der Waals surface area contributed by atoms with Gasteiger partial charge in [-0.25, -0.2) is 9.78 Å². The number of nitrogen functional groups attached to an aromatic ring is 1. The second kappa shape index (κ2) is 4.16. The van der Waals surface area contributed by atoms with Crippen LogP contribution in [-0.2, 0) is 4.74 Å². The Bertz CT molecular complexity index is 838. The number of nitrogens with zero attached hydrogens (tertiary/aromatic N) is 3. The van der Waals surface area contributed by atoms with E-state index >= 15 is 0 Å². The molecular formula is C8H12N4O4. The molecule has 2 rings (SSSR count). The Morgan fingerprint density at radius 1 is 2.12 bits per heavy atom. The fraction of sp³-hybridized carbons (Fsp3) is 0.625. The maximum Gasteiger partial charge on any atom is 0.354 e. The van der Waals surface area contributed by atoms with Gasteiger partial charge >= 0.3 is 5.69 Å². The van der Waals surface area contributed by atoms with Crippen LogP contribution in [-0.4, -0.2) is 46.3 Å². The summed E-state index contributed by atoms with van der Waals surface area (Å²) in [5, 5.41) is 7.57. The van der Waals surface area contributed by atoms with E-state index in [4.69, 9.17) is 21.4 Å². The van der Waals surface area contributed by atoms with Crippen LogP contribution in [0.25, 0.3) is 0 Å². The molecule has 8 nitrogen and oxygen atoms in total. The quantitative estimate of drug-likeness (QED) is 0.536. The van der Waals surface area contributed by atoms with Gasteiger partial charge in [0, 0.05) is 9.11 Å². The lowest BCUT2D eigenvalue weighted by atomic mass is 10.2.